The van der Waals surface area contributed by atoms with Gasteiger partial charge in [0.05, 0.1) is 5.56 Å². The number of nitrogens with zero attached hydrogens (tertiary/aromatic N) is 1. The number of nitrogen functional groups attached to an aromatic ring is 1. The third-order valence-corrected chi connectivity index (χ3v) is 3.47. The highest BCUT2D eigenvalue weighted by atomic mass is 19.4. The van der Waals surface area contributed by atoms with E-state index in [0.717, 1.165) is 18.9 Å². The molecule has 0 spiro atoms. The lowest BCUT2D eigenvalue weighted by atomic mass is 9.99. The number of rotatable bonds is 2. The predicted molar refractivity (Wildman–Crippen MR) is 70.0 cm³/mol. The van der Waals surface area contributed by atoms with Crippen molar-refractivity contribution in [2.45, 2.75) is 31.5 Å². The number of halogens is 3. The van der Waals surface area contributed by atoms with E-state index in [1.165, 1.54) is 17.0 Å². The molecule has 0 aliphatic carbocycles. The lowest BCUT2D eigenvalue weighted by molar-refractivity contribution is -0.137. The molecule has 0 aromatic heterocycles. The summed E-state index contributed by atoms with van der Waals surface area (Å²) in [5, 5.41) is 0. The Balaban J connectivity index is 2.47. The van der Waals surface area contributed by atoms with Crippen molar-refractivity contribution in [2.75, 3.05) is 17.2 Å². The fourth-order valence-corrected chi connectivity index (χ4v) is 2.55. The molecule has 1 fully saturated rings. The maximum Gasteiger partial charge on any atom is 0.418 e. The number of carbonyl (C=O) groups excluding carboxylic acids is 1. The molecular formula is C13H16F3N3O. The average molecular weight is 287 g/mol. The number of hydrogen-bond acceptors (Lipinski definition) is 3. The van der Waals surface area contributed by atoms with E-state index in [1.54, 1.807) is 0 Å². The smallest absolute Gasteiger partial charge is 0.399 e. The van der Waals surface area contributed by atoms with Gasteiger partial charge in [-0.25, -0.2) is 0 Å². The molecule has 0 bridgehead atoms. The number of amides is 1. The first kappa shape index (κ1) is 14.5. The van der Waals surface area contributed by atoms with Gasteiger partial charge in [0, 0.05) is 17.9 Å². The summed E-state index contributed by atoms with van der Waals surface area (Å²) in [5.41, 5.74) is 9.91. The Kier molecular flexibility index (Phi) is 3.78. The van der Waals surface area contributed by atoms with Gasteiger partial charge in [-0.3, -0.25) is 4.79 Å². The van der Waals surface area contributed by atoms with E-state index in [0.29, 0.717) is 13.0 Å². The van der Waals surface area contributed by atoms with E-state index in [1.807, 2.05) is 0 Å². The monoisotopic (exact) mass is 287 g/mol. The lowest BCUT2D eigenvalue weighted by Gasteiger charge is -2.37. The van der Waals surface area contributed by atoms with Gasteiger partial charge in [-0.1, -0.05) is 0 Å². The Morgan fingerprint density at radius 2 is 2.00 bits per heavy atom. The molecule has 7 heteroatoms. The molecule has 0 radical (unpaired) electrons. The second-order valence-electron chi connectivity index (χ2n) is 4.88. The van der Waals surface area contributed by atoms with Gasteiger partial charge in [0.2, 0.25) is 5.91 Å². The van der Waals surface area contributed by atoms with Crippen LogP contribution < -0.4 is 16.4 Å². The van der Waals surface area contributed by atoms with Crippen molar-refractivity contribution in [2.24, 2.45) is 5.73 Å². The van der Waals surface area contributed by atoms with Gasteiger partial charge in [-0.05, 0) is 37.5 Å². The molecule has 1 saturated heterocycles. The maximum absolute atomic E-state index is 13.1. The number of nitrogens with two attached hydrogens (primary N) is 2. The Bertz CT molecular complexity index is 516. The molecule has 2 rings (SSSR count). The lowest BCUT2D eigenvalue weighted by Crippen LogP contribution is -2.48. The molecule has 1 unspecified atom stereocenters. The summed E-state index contributed by atoms with van der Waals surface area (Å²) in [6.45, 7) is 0.376. The number of primary amides is 1. The van der Waals surface area contributed by atoms with E-state index in [4.69, 9.17) is 11.5 Å². The largest absolute Gasteiger partial charge is 0.418 e. The zero-order chi connectivity index (χ0) is 14.9. The highest BCUT2D eigenvalue weighted by molar-refractivity contribution is 5.84. The minimum absolute atomic E-state index is 0.0322. The summed E-state index contributed by atoms with van der Waals surface area (Å²) in [4.78, 5) is 12.9. The van der Waals surface area contributed by atoms with Crippen LogP contribution in [0.3, 0.4) is 0 Å². The van der Waals surface area contributed by atoms with Crippen LogP contribution in [0.25, 0.3) is 0 Å². The molecule has 1 aliphatic heterocycles. The molecule has 4 nitrogen and oxygen atoms in total. The second kappa shape index (κ2) is 5.22. The van der Waals surface area contributed by atoms with Crippen molar-refractivity contribution >= 4 is 17.3 Å². The van der Waals surface area contributed by atoms with E-state index >= 15 is 0 Å². The van der Waals surface area contributed by atoms with Crippen LogP contribution in [0, 0.1) is 0 Å². The molecule has 110 valence electrons. The van der Waals surface area contributed by atoms with Gasteiger partial charge < -0.3 is 16.4 Å². The van der Waals surface area contributed by atoms with Crippen LogP contribution >= 0.6 is 0 Å². The van der Waals surface area contributed by atoms with E-state index in [9.17, 15) is 18.0 Å². The van der Waals surface area contributed by atoms with Gasteiger partial charge in [0.25, 0.3) is 0 Å². The van der Waals surface area contributed by atoms with Gasteiger partial charge in [0.1, 0.15) is 6.04 Å². The molecule has 1 aromatic carbocycles. The van der Waals surface area contributed by atoms with Crippen molar-refractivity contribution in [3.8, 4) is 0 Å². The minimum atomic E-state index is -4.52. The fourth-order valence-electron chi connectivity index (χ4n) is 2.55. The second-order valence-corrected chi connectivity index (χ2v) is 4.88. The summed E-state index contributed by atoms with van der Waals surface area (Å²) in [6.07, 6.45) is -2.55. The number of alkyl halides is 3. The van der Waals surface area contributed by atoms with Crippen LogP contribution in [-0.4, -0.2) is 18.5 Å². The maximum atomic E-state index is 13.1. The van der Waals surface area contributed by atoms with Crippen LogP contribution in [0.4, 0.5) is 24.5 Å². The zero-order valence-corrected chi connectivity index (χ0v) is 10.8. The first-order valence-electron chi connectivity index (χ1n) is 6.33. The summed E-state index contributed by atoms with van der Waals surface area (Å²) < 4.78 is 39.3. The molecule has 20 heavy (non-hydrogen) atoms. The predicted octanol–water partition coefficient (Wildman–Crippen LogP) is 2.13. The fraction of sp³-hybridized carbons (Fsp3) is 0.462. The first-order chi connectivity index (χ1) is 9.30. The number of benzene rings is 1. The van der Waals surface area contributed by atoms with Crippen LogP contribution in [0.5, 0.6) is 0 Å². The van der Waals surface area contributed by atoms with Crippen molar-refractivity contribution in [1.29, 1.82) is 0 Å². The summed E-state index contributed by atoms with van der Waals surface area (Å²) in [7, 11) is 0. The topological polar surface area (TPSA) is 72.4 Å². The molecule has 1 heterocycles. The highest BCUT2D eigenvalue weighted by Gasteiger charge is 2.38. The van der Waals surface area contributed by atoms with Crippen molar-refractivity contribution < 1.29 is 18.0 Å². The minimum Gasteiger partial charge on any atom is -0.399 e. The van der Waals surface area contributed by atoms with Gasteiger partial charge in [-0.15, -0.1) is 0 Å². The van der Waals surface area contributed by atoms with E-state index < -0.39 is 23.7 Å². The van der Waals surface area contributed by atoms with Gasteiger partial charge >= 0.3 is 6.18 Å². The molecule has 1 aliphatic rings. The van der Waals surface area contributed by atoms with Crippen molar-refractivity contribution in [1.82, 2.24) is 0 Å². The highest BCUT2D eigenvalue weighted by Crippen LogP contribution is 2.39. The molecule has 1 aromatic rings. The Morgan fingerprint density at radius 3 is 2.60 bits per heavy atom. The quantitative estimate of drug-likeness (QED) is 0.818. The third-order valence-electron chi connectivity index (χ3n) is 3.47. The first-order valence-corrected chi connectivity index (χ1v) is 6.33. The number of piperidine rings is 1. The normalized spacial score (nSPS) is 19.9. The summed E-state index contributed by atoms with van der Waals surface area (Å²) >= 11 is 0. The molecular weight excluding hydrogens is 271 g/mol. The number of anilines is 2. The summed E-state index contributed by atoms with van der Waals surface area (Å²) in [6, 6.07) is 2.90. The Labute approximate surface area is 114 Å². The zero-order valence-electron chi connectivity index (χ0n) is 10.8. The van der Waals surface area contributed by atoms with Crippen LogP contribution in [-0.2, 0) is 11.0 Å². The summed E-state index contributed by atoms with van der Waals surface area (Å²) in [5.74, 6) is -0.602. The Morgan fingerprint density at radius 1 is 1.30 bits per heavy atom. The van der Waals surface area contributed by atoms with Crippen LogP contribution in [0.15, 0.2) is 18.2 Å². The molecule has 1 amide bonds. The van der Waals surface area contributed by atoms with Crippen LogP contribution in [0.2, 0.25) is 0 Å². The van der Waals surface area contributed by atoms with Crippen molar-refractivity contribution in [3.63, 3.8) is 0 Å². The van der Waals surface area contributed by atoms with E-state index in [2.05, 4.69) is 0 Å². The molecule has 0 saturated carbocycles. The Hall–Kier alpha value is -1.92. The molecule has 1 atom stereocenters. The standard InChI is InChI=1S/C13H16F3N3O/c14-13(15,16)9-7-8(17)4-5-10(9)19-6-2-1-3-11(19)12(18)20/h4-5,7,11H,1-3,6,17H2,(H2,18,20). The van der Waals surface area contributed by atoms with E-state index in [-0.39, 0.29) is 11.4 Å². The number of hydrogen-bond donors (Lipinski definition) is 2. The number of carbonyl (C=O) groups is 1. The van der Waals surface area contributed by atoms with Crippen LogP contribution in [0.1, 0.15) is 24.8 Å². The SMILES string of the molecule is NC(=O)C1CCCCN1c1ccc(N)cc1C(F)(F)F. The van der Waals surface area contributed by atoms with Gasteiger partial charge in [0.15, 0.2) is 0 Å². The van der Waals surface area contributed by atoms with Crippen molar-refractivity contribution in [3.05, 3.63) is 23.8 Å². The van der Waals surface area contributed by atoms with Gasteiger partial charge in [-0.2, -0.15) is 13.2 Å². The average Bonchev–Trinajstić information content (AvgIpc) is 2.37. The third kappa shape index (κ3) is 2.81. The molecule has 4 N–H and O–H groups in total.